The van der Waals surface area contributed by atoms with Gasteiger partial charge in [-0.25, -0.2) is 4.98 Å². The molecule has 0 aliphatic heterocycles. The molecule has 1 aromatic heterocycles. The zero-order valence-electron chi connectivity index (χ0n) is 12.1. The topological polar surface area (TPSA) is 84.3 Å². The Kier molecular flexibility index (Phi) is 4.11. The van der Waals surface area contributed by atoms with E-state index in [4.69, 9.17) is 4.74 Å². The van der Waals surface area contributed by atoms with Crippen LogP contribution in [0, 0.1) is 12.3 Å². The minimum absolute atomic E-state index is 0.166. The van der Waals surface area contributed by atoms with Gasteiger partial charge in [0.25, 0.3) is 0 Å². The number of hydrogen-bond acceptors (Lipinski definition) is 5. The van der Waals surface area contributed by atoms with Crippen molar-refractivity contribution in [2.75, 3.05) is 12.4 Å². The van der Waals surface area contributed by atoms with Gasteiger partial charge < -0.3 is 15.2 Å². The van der Waals surface area contributed by atoms with Gasteiger partial charge in [0, 0.05) is 17.8 Å². The van der Waals surface area contributed by atoms with Crippen LogP contribution in [0.15, 0.2) is 6.07 Å². The lowest BCUT2D eigenvalue weighted by atomic mass is 9.72. The van der Waals surface area contributed by atoms with Gasteiger partial charge in [-0.15, -0.1) is 0 Å². The van der Waals surface area contributed by atoms with E-state index >= 15 is 0 Å². The molecule has 6 nitrogen and oxygen atoms in total. The lowest BCUT2D eigenvalue weighted by molar-refractivity contribution is -0.150. The van der Waals surface area contributed by atoms with Gasteiger partial charge in [-0.1, -0.05) is 12.8 Å². The van der Waals surface area contributed by atoms with Gasteiger partial charge in [-0.05, 0) is 26.7 Å². The number of methoxy groups -OCH3 is 1. The SMILES string of the molecule is COc1cc(C)nc(NC2CCCCC2(C)C(=O)O)n1. The van der Waals surface area contributed by atoms with Gasteiger partial charge in [-0.3, -0.25) is 4.79 Å². The fourth-order valence-electron chi connectivity index (χ4n) is 2.69. The third kappa shape index (κ3) is 2.84. The van der Waals surface area contributed by atoms with Gasteiger partial charge in [0.2, 0.25) is 11.8 Å². The number of carboxylic acids is 1. The minimum atomic E-state index is -0.779. The molecule has 0 saturated heterocycles. The highest BCUT2D eigenvalue weighted by Crippen LogP contribution is 2.37. The van der Waals surface area contributed by atoms with E-state index in [0.29, 0.717) is 18.2 Å². The zero-order chi connectivity index (χ0) is 14.8. The number of nitrogens with one attached hydrogen (secondary N) is 1. The Hall–Kier alpha value is -1.85. The molecule has 0 spiro atoms. The number of ether oxygens (including phenoxy) is 1. The van der Waals surface area contributed by atoms with Crippen molar-refractivity contribution in [2.45, 2.75) is 45.6 Å². The molecule has 2 unspecified atom stereocenters. The number of carbonyl (C=O) groups is 1. The van der Waals surface area contributed by atoms with Gasteiger partial charge >= 0.3 is 5.97 Å². The number of aromatic nitrogens is 2. The first-order valence-electron chi connectivity index (χ1n) is 6.85. The van der Waals surface area contributed by atoms with E-state index in [1.54, 1.807) is 20.1 Å². The van der Waals surface area contributed by atoms with Crippen LogP contribution in [0.1, 0.15) is 38.3 Å². The molecule has 2 N–H and O–H groups in total. The Morgan fingerprint density at radius 3 is 2.90 bits per heavy atom. The third-order valence-corrected chi connectivity index (χ3v) is 4.04. The van der Waals surface area contributed by atoms with E-state index in [-0.39, 0.29) is 6.04 Å². The molecule has 20 heavy (non-hydrogen) atoms. The maximum atomic E-state index is 11.6. The van der Waals surface area contributed by atoms with Gasteiger partial charge in [0.15, 0.2) is 0 Å². The maximum Gasteiger partial charge on any atom is 0.311 e. The second kappa shape index (κ2) is 5.64. The highest BCUT2D eigenvalue weighted by atomic mass is 16.5. The Morgan fingerprint density at radius 1 is 1.50 bits per heavy atom. The third-order valence-electron chi connectivity index (χ3n) is 4.04. The highest BCUT2D eigenvalue weighted by Gasteiger charge is 2.43. The molecule has 1 aliphatic carbocycles. The number of aryl methyl sites for hydroxylation is 1. The monoisotopic (exact) mass is 279 g/mol. The summed E-state index contributed by atoms with van der Waals surface area (Å²) in [4.78, 5) is 20.1. The van der Waals surface area contributed by atoms with Crippen LogP contribution >= 0.6 is 0 Å². The Bertz CT molecular complexity index is 506. The van der Waals surface area contributed by atoms with E-state index in [2.05, 4.69) is 15.3 Å². The summed E-state index contributed by atoms with van der Waals surface area (Å²) in [5.41, 5.74) is 0.00526. The fraction of sp³-hybridized carbons (Fsp3) is 0.643. The molecule has 1 saturated carbocycles. The van der Waals surface area contributed by atoms with Crippen LogP contribution < -0.4 is 10.1 Å². The molecular formula is C14H21N3O3. The summed E-state index contributed by atoms with van der Waals surface area (Å²) in [6.07, 6.45) is 3.44. The molecule has 0 radical (unpaired) electrons. The predicted octanol–water partition coefficient (Wildman–Crippen LogP) is 2.24. The largest absolute Gasteiger partial charge is 0.481 e. The number of anilines is 1. The van der Waals surface area contributed by atoms with Gasteiger partial charge in [-0.2, -0.15) is 4.98 Å². The molecule has 0 aromatic carbocycles. The van der Waals surface area contributed by atoms with Crippen molar-refractivity contribution >= 4 is 11.9 Å². The first kappa shape index (κ1) is 14.6. The Labute approximate surface area is 118 Å². The van der Waals surface area contributed by atoms with Crippen LogP contribution in [-0.2, 0) is 4.79 Å². The maximum absolute atomic E-state index is 11.6. The molecule has 2 atom stereocenters. The van der Waals surface area contributed by atoms with Crippen molar-refractivity contribution in [3.05, 3.63) is 11.8 Å². The molecule has 6 heteroatoms. The van der Waals surface area contributed by atoms with Crippen molar-refractivity contribution in [3.8, 4) is 5.88 Å². The summed E-state index contributed by atoms with van der Waals surface area (Å²) < 4.78 is 5.12. The van der Waals surface area contributed by atoms with E-state index in [9.17, 15) is 9.90 Å². The van der Waals surface area contributed by atoms with E-state index in [1.807, 2.05) is 6.92 Å². The van der Waals surface area contributed by atoms with E-state index in [0.717, 1.165) is 25.0 Å². The lowest BCUT2D eigenvalue weighted by Gasteiger charge is -2.38. The summed E-state index contributed by atoms with van der Waals surface area (Å²) in [5.74, 6) is 0.142. The lowest BCUT2D eigenvalue weighted by Crippen LogP contribution is -2.47. The van der Waals surface area contributed by atoms with Crippen LogP contribution in [-0.4, -0.2) is 34.2 Å². The molecule has 1 fully saturated rings. The van der Waals surface area contributed by atoms with Gasteiger partial charge in [0.05, 0.1) is 12.5 Å². The van der Waals surface area contributed by atoms with Crippen LogP contribution in [0.25, 0.3) is 0 Å². The van der Waals surface area contributed by atoms with E-state index in [1.165, 1.54) is 0 Å². The van der Waals surface area contributed by atoms with Crippen LogP contribution in [0.2, 0.25) is 0 Å². The molecule has 0 amide bonds. The first-order chi connectivity index (χ1) is 9.45. The summed E-state index contributed by atoms with van der Waals surface area (Å²) >= 11 is 0. The quantitative estimate of drug-likeness (QED) is 0.879. The minimum Gasteiger partial charge on any atom is -0.481 e. The molecule has 1 heterocycles. The zero-order valence-corrected chi connectivity index (χ0v) is 12.1. The van der Waals surface area contributed by atoms with Crippen LogP contribution in [0.5, 0.6) is 5.88 Å². The second-order valence-electron chi connectivity index (χ2n) is 5.54. The predicted molar refractivity (Wildman–Crippen MR) is 74.9 cm³/mol. The van der Waals surface area contributed by atoms with Crippen molar-refractivity contribution < 1.29 is 14.6 Å². The molecule has 1 aliphatic rings. The summed E-state index contributed by atoms with van der Waals surface area (Å²) in [5, 5.41) is 12.7. The van der Waals surface area contributed by atoms with E-state index < -0.39 is 11.4 Å². The van der Waals surface area contributed by atoms with Crippen molar-refractivity contribution in [3.63, 3.8) is 0 Å². The molecule has 1 aromatic rings. The Morgan fingerprint density at radius 2 is 2.25 bits per heavy atom. The normalized spacial score (nSPS) is 26.1. The van der Waals surface area contributed by atoms with Crippen molar-refractivity contribution in [1.82, 2.24) is 9.97 Å². The first-order valence-corrected chi connectivity index (χ1v) is 6.85. The van der Waals surface area contributed by atoms with Crippen molar-refractivity contribution in [2.24, 2.45) is 5.41 Å². The fourth-order valence-corrected chi connectivity index (χ4v) is 2.69. The number of nitrogens with zero attached hydrogens (tertiary/aromatic N) is 2. The smallest absolute Gasteiger partial charge is 0.311 e. The van der Waals surface area contributed by atoms with Crippen LogP contribution in [0.4, 0.5) is 5.95 Å². The highest BCUT2D eigenvalue weighted by molar-refractivity contribution is 5.76. The number of rotatable bonds is 4. The standard InChI is InChI=1S/C14H21N3O3/c1-9-8-11(20-3)17-13(15-9)16-10-6-4-5-7-14(10,2)12(18)19/h8,10H,4-7H2,1-3H3,(H,18,19)(H,15,16,17). The average Bonchev–Trinajstić information content (AvgIpc) is 2.40. The summed E-state index contributed by atoms with van der Waals surface area (Å²) in [6, 6.07) is 1.57. The average molecular weight is 279 g/mol. The Balaban J connectivity index is 2.23. The van der Waals surface area contributed by atoms with Gasteiger partial charge in [0.1, 0.15) is 0 Å². The number of carboxylic acid groups (broad SMARTS) is 1. The molecular weight excluding hydrogens is 258 g/mol. The molecule has 110 valence electrons. The second-order valence-corrected chi connectivity index (χ2v) is 5.54. The molecule has 0 bridgehead atoms. The summed E-state index contributed by atoms with van der Waals surface area (Å²) in [6.45, 7) is 3.64. The number of hydrogen-bond donors (Lipinski definition) is 2. The van der Waals surface area contributed by atoms with Crippen LogP contribution in [0.3, 0.4) is 0 Å². The van der Waals surface area contributed by atoms with Crippen molar-refractivity contribution in [1.29, 1.82) is 0 Å². The number of aliphatic carboxylic acids is 1. The molecule has 2 rings (SSSR count). The summed E-state index contributed by atoms with van der Waals surface area (Å²) in [7, 11) is 1.55.